The van der Waals surface area contributed by atoms with Crippen molar-refractivity contribution in [2.45, 2.75) is 64.8 Å². The Bertz CT molecular complexity index is 1330. The predicted octanol–water partition coefficient (Wildman–Crippen LogP) is 7.02. The highest BCUT2D eigenvalue weighted by molar-refractivity contribution is 5.92. The normalized spacial score (nSPS) is 12.2. The van der Waals surface area contributed by atoms with Crippen LogP contribution in [0.2, 0.25) is 0 Å². The van der Waals surface area contributed by atoms with E-state index in [1.165, 1.54) is 37.3 Å². The number of ether oxygens (including phenoxy) is 1. The zero-order valence-corrected chi connectivity index (χ0v) is 22.0. The van der Waals surface area contributed by atoms with Crippen LogP contribution in [0.3, 0.4) is 0 Å². The topological polar surface area (TPSA) is 68.3 Å². The number of carbonyl (C=O) groups excluding carboxylic acids is 2. The van der Waals surface area contributed by atoms with Crippen molar-refractivity contribution < 1.29 is 36.3 Å². The van der Waals surface area contributed by atoms with Crippen molar-refractivity contribution in [2.75, 3.05) is 0 Å². The molecule has 0 aliphatic heterocycles. The number of aromatic nitrogens is 1. The standard InChI is InChI=1S/C29H29F5N2O3/c1-18-14-23(16-24(36-18)25(37)35-17-20-6-5-7-22(15-20)29(32,33)34)28(30,31)13-12-19-8-10-21(11-9-19)26(38)39-27(2,3)4/h5-11,14-16H,12-13,17H2,1-4H3,(H,35,37). The molecule has 0 unspecified atom stereocenters. The number of aryl methyl sites for hydroxylation is 2. The molecule has 0 atom stereocenters. The molecule has 0 aliphatic carbocycles. The smallest absolute Gasteiger partial charge is 0.416 e. The molecule has 0 aliphatic rings. The van der Waals surface area contributed by atoms with Gasteiger partial charge in [0.1, 0.15) is 11.3 Å². The van der Waals surface area contributed by atoms with Crippen LogP contribution in [0.1, 0.15) is 76.0 Å². The molecule has 0 spiro atoms. The summed E-state index contributed by atoms with van der Waals surface area (Å²) in [4.78, 5) is 28.8. The maximum absolute atomic E-state index is 15.1. The van der Waals surface area contributed by atoms with Gasteiger partial charge >= 0.3 is 12.1 Å². The van der Waals surface area contributed by atoms with Gasteiger partial charge in [-0.05, 0) is 81.6 Å². The average Bonchev–Trinajstić information content (AvgIpc) is 2.84. The lowest BCUT2D eigenvalue weighted by atomic mass is 9.99. The fraction of sp³-hybridized carbons (Fsp3) is 0.345. The molecule has 1 heterocycles. The van der Waals surface area contributed by atoms with Crippen LogP contribution in [0.15, 0.2) is 60.7 Å². The lowest BCUT2D eigenvalue weighted by molar-refractivity contribution is -0.137. The van der Waals surface area contributed by atoms with Crippen molar-refractivity contribution in [2.24, 2.45) is 0 Å². The number of carbonyl (C=O) groups is 2. The number of esters is 1. The number of hydrogen-bond acceptors (Lipinski definition) is 4. The minimum atomic E-state index is -4.53. The maximum atomic E-state index is 15.1. The van der Waals surface area contributed by atoms with E-state index in [0.29, 0.717) is 11.1 Å². The van der Waals surface area contributed by atoms with Gasteiger partial charge < -0.3 is 10.1 Å². The highest BCUT2D eigenvalue weighted by atomic mass is 19.4. The number of rotatable bonds is 8. The molecule has 0 radical (unpaired) electrons. The van der Waals surface area contributed by atoms with Crippen molar-refractivity contribution in [3.8, 4) is 0 Å². The number of benzene rings is 2. The highest BCUT2D eigenvalue weighted by Gasteiger charge is 2.33. The fourth-order valence-corrected chi connectivity index (χ4v) is 3.72. The third-order valence-corrected chi connectivity index (χ3v) is 5.63. The van der Waals surface area contributed by atoms with Crippen LogP contribution in [0.5, 0.6) is 0 Å². The van der Waals surface area contributed by atoms with E-state index in [1.54, 1.807) is 32.9 Å². The van der Waals surface area contributed by atoms with Crippen molar-refractivity contribution in [3.63, 3.8) is 0 Å². The Morgan fingerprint density at radius 3 is 2.15 bits per heavy atom. The Hall–Kier alpha value is -3.82. The summed E-state index contributed by atoms with van der Waals surface area (Å²) in [5, 5.41) is 2.43. The second-order valence-corrected chi connectivity index (χ2v) is 10.2. The van der Waals surface area contributed by atoms with Crippen LogP contribution in [0.4, 0.5) is 22.0 Å². The molecule has 0 bridgehead atoms. The fourth-order valence-electron chi connectivity index (χ4n) is 3.72. The molecule has 3 aromatic rings. The van der Waals surface area contributed by atoms with E-state index in [-0.39, 0.29) is 29.9 Å². The number of amides is 1. The predicted molar refractivity (Wildman–Crippen MR) is 135 cm³/mol. The molecule has 1 aromatic heterocycles. The first kappa shape index (κ1) is 29.7. The van der Waals surface area contributed by atoms with Gasteiger partial charge in [0.15, 0.2) is 0 Å². The van der Waals surface area contributed by atoms with Gasteiger partial charge in [-0.2, -0.15) is 13.2 Å². The van der Waals surface area contributed by atoms with E-state index in [1.807, 2.05) is 0 Å². The zero-order valence-electron chi connectivity index (χ0n) is 22.0. The van der Waals surface area contributed by atoms with Gasteiger partial charge in [0.25, 0.3) is 11.8 Å². The Kier molecular flexibility index (Phi) is 8.77. The molecular formula is C29H29F5N2O3. The number of pyridine rings is 1. The Labute approximate surface area is 223 Å². The van der Waals surface area contributed by atoms with Crippen molar-refractivity contribution in [3.05, 3.63) is 99.9 Å². The second kappa shape index (κ2) is 11.5. The van der Waals surface area contributed by atoms with Crippen molar-refractivity contribution >= 4 is 11.9 Å². The number of halogens is 5. The van der Waals surface area contributed by atoms with E-state index in [9.17, 15) is 22.8 Å². The lowest BCUT2D eigenvalue weighted by Crippen LogP contribution is -2.25. The van der Waals surface area contributed by atoms with E-state index in [0.717, 1.165) is 18.2 Å². The van der Waals surface area contributed by atoms with Gasteiger partial charge in [-0.15, -0.1) is 0 Å². The van der Waals surface area contributed by atoms with Gasteiger partial charge in [0.05, 0.1) is 11.1 Å². The van der Waals surface area contributed by atoms with Gasteiger partial charge in [-0.25, -0.2) is 18.6 Å². The first-order valence-electron chi connectivity index (χ1n) is 12.2. The minimum Gasteiger partial charge on any atom is -0.456 e. The first-order valence-corrected chi connectivity index (χ1v) is 12.2. The molecular weight excluding hydrogens is 519 g/mol. The summed E-state index contributed by atoms with van der Waals surface area (Å²) in [5.74, 6) is -4.59. The van der Waals surface area contributed by atoms with Crippen LogP contribution in [-0.2, 0) is 29.8 Å². The number of nitrogens with one attached hydrogen (secondary N) is 1. The van der Waals surface area contributed by atoms with Gasteiger partial charge in [0, 0.05) is 24.2 Å². The van der Waals surface area contributed by atoms with Crippen LogP contribution in [-0.4, -0.2) is 22.5 Å². The summed E-state index contributed by atoms with van der Waals surface area (Å²) in [6.07, 6.45) is -5.09. The average molecular weight is 549 g/mol. The van der Waals surface area contributed by atoms with E-state index in [4.69, 9.17) is 4.74 Å². The highest BCUT2D eigenvalue weighted by Crippen LogP contribution is 2.34. The maximum Gasteiger partial charge on any atom is 0.416 e. The monoisotopic (exact) mass is 548 g/mol. The van der Waals surface area contributed by atoms with Crippen LogP contribution in [0.25, 0.3) is 0 Å². The van der Waals surface area contributed by atoms with Crippen LogP contribution in [0, 0.1) is 6.92 Å². The third-order valence-electron chi connectivity index (χ3n) is 5.63. The van der Waals surface area contributed by atoms with Crippen molar-refractivity contribution in [1.82, 2.24) is 10.3 Å². The zero-order chi connectivity index (χ0) is 29.0. The molecule has 39 heavy (non-hydrogen) atoms. The van der Waals surface area contributed by atoms with Crippen LogP contribution >= 0.6 is 0 Å². The molecule has 0 saturated carbocycles. The molecule has 5 nitrogen and oxygen atoms in total. The summed E-state index contributed by atoms with van der Waals surface area (Å²) >= 11 is 0. The minimum absolute atomic E-state index is 0.0000443. The molecule has 2 aromatic carbocycles. The largest absolute Gasteiger partial charge is 0.456 e. The van der Waals surface area contributed by atoms with Gasteiger partial charge in [-0.1, -0.05) is 24.3 Å². The summed E-state index contributed by atoms with van der Waals surface area (Å²) in [7, 11) is 0. The Balaban J connectivity index is 1.66. The van der Waals surface area contributed by atoms with E-state index < -0.39 is 47.1 Å². The molecule has 208 valence electrons. The summed E-state index contributed by atoms with van der Waals surface area (Å²) in [6.45, 7) is 6.47. The molecule has 1 N–H and O–H groups in total. The van der Waals surface area contributed by atoms with E-state index >= 15 is 8.78 Å². The summed E-state index contributed by atoms with van der Waals surface area (Å²) in [6, 6.07) is 12.8. The lowest BCUT2D eigenvalue weighted by Gasteiger charge is -2.20. The molecule has 10 heteroatoms. The Morgan fingerprint density at radius 1 is 0.872 bits per heavy atom. The Morgan fingerprint density at radius 2 is 1.54 bits per heavy atom. The molecule has 0 fully saturated rings. The number of hydrogen-bond donors (Lipinski definition) is 1. The second-order valence-electron chi connectivity index (χ2n) is 10.2. The van der Waals surface area contributed by atoms with Crippen LogP contribution < -0.4 is 5.32 Å². The quantitative estimate of drug-likeness (QED) is 0.243. The van der Waals surface area contributed by atoms with Gasteiger partial charge in [-0.3, -0.25) is 4.79 Å². The van der Waals surface area contributed by atoms with Crippen molar-refractivity contribution in [1.29, 1.82) is 0 Å². The first-order chi connectivity index (χ1) is 18.0. The number of nitrogens with zero attached hydrogens (tertiary/aromatic N) is 1. The summed E-state index contributed by atoms with van der Waals surface area (Å²) in [5.41, 5.74) is -0.883. The number of alkyl halides is 5. The third kappa shape index (κ3) is 8.59. The van der Waals surface area contributed by atoms with E-state index in [2.05, 4.69) is 10.3 Å². The summed E-state index contributed by atoms with van der Waals surface area (Å²) < 4.78 is 74.3. The molecule has 1 amide bonds. The molecule has 3 rings (SSSR count). The SMILES string of the molecule is Cc1cc(C(F)(F)CCc2ccc(C(=O)OC(C)(C)C)cc2)cc(C(=O)NCc2cccc(C(F)(F)F)c2)n1. The van der Waals surface area contributed by atoms with Gasteiger partial charge in [0.2, 0.25) is 0 Å². The molecule has 0 saturated heterocycles.